The number of aryl methyl sites for hydroxylation is 1. The van der Waals surface area contributed by atoms with E-state index in [1.54, 1.807) is 0 Å². The number of rotatable bonds is 6. The fourth-order valence-corrected chi connectivity index (χ4v) is 2.42. The Kier molecular flexibility index (Phi) is 5.21. The Bertz CT molecular complexity index is 561. The summed E-state index contributed by atoms with van der Waals surface area (Å²) in [6, 6.07) is 8.58. The second kappa shape index (κ2) is 6.91. The minimum atomic E-state index is 0.447. The Morgan fingerprint density at radius 1 is 1.30 bits per heavy atom. The van der Waals surface area contributed by atoms with Crippen LogP contribution in [0.4, 0.5) is 0 Å². The van der Waals surface area contributed by atoms with Crippen LogP contribution >= 0.6 is 11.6 Å². The van der Waals surface area contributed by atoms with Crippen LogP contribution in [0, 0.1) is 0 Å². The minimum absolute atomic E-state index is 0.447. The van der Waals surface area contributed by atoms with E-state index in [0.717, 1.165) is 30.2 Å². The highest BCUT2D eigenvalue weighted by Gasteiger charge is 2.11. The average molecular weight is 292 g/mol. The average Bonchev–Trinajstić information content (AvgIpc) is 2.85. The molecule has 1 aromatic heterocycles. The van der Waals surface area contributed by atoms with Crippen LogP contribution in [0.1, 0.15) is 32.8 Å². The SMILES string of the molecule is CCCn1nccc1-c1ccc(Cl)cc1CNC(C)C. The molecule has 20 heavy (non-hydrogen) atoms. The van der Waals surface area contributed by atoms with Gasteiger partial charge in [0.25, 0.3) is 0 Å². The summed E-state index contributed by atoms with van der Waals surface area (Å²) in [4.78, 5) is 0. The molecule has 1 aromatic carbocycles. The van der Waals surface area contributed by atoms with Crippen molar-refractivity contribution in [2.24, 2.45) is 0 Å². The van der Waals surface area contributed by atoms with Crippen molar-refractivity contribution in [1.29, 1.82) is 0 Å². The first kappa shape index (κ1) is 15.1. The van der Waals surface area contributed by atoms with Crippen LogP contribution in [0.15, 0.2) is 30.5 Å². The van der Waals surface area contributed by atoms with Crippen molar-refractivity contribution >= 4 is 11.6 Å². The molecule has 2 aromatic rings. The smallest absolute Gasteiger partial charge is 0.0685 e. The van der Waals surface area contributed by atoms with Gasteiger partial charge in [-0.15, -0.1) is 0 Å². The third-order valence-electron chi connectivity index (χ3n) is 3.20. The molecule has 0 fully saturated rings. The predicted octanol–water partition coefficient (Wildman–Crippen LogP) is 4.11. The third-order valence-corrected chi connectivity index (χ3v) is 3.43. The van der Waals surface area contributed by atoms with E-state index >= 15 is 0 Å². The number of nitrogens with one attached hydrogen (secondary N) is 1. The number of hydrogen-bond acceptors (Lipinski definition) is 2. The van der Waals surface area contributed by atoms with Crippen molar-refractivity contribution in [2.75, 3.05) is 0 Å². The molecule has 108 valence electrons. The van der Waals surface area contributed by atoms with Gasteiger partial charge >= 0.3 is 0 Å². The topological polar surface area (TPSA) is 29.9 Å². The lowest BCUT2D eigenvalue weighted by molar-refractivity contribution is 0.587. The molecule has 0 bridgehead atoms. The molecule has 1 heterocycles. The van der Waals surface area contributed by atoms with Gasteiger partial charge in [-0.1, -0.05) is 38.4 Å². The van der Waals surface area contributed by atoms with Crippen molar-refractivity contribution in [3.63, 3.8) is 0 Å². The zero-order valence-corrected chi connectivity index (χ0v) is 13.1. The Morgan fingerprint density at radius 3 is 2.80 bits per heavy atom. The van der Waals surface area contributed by atoms with Gasteiger partial charge in [0.2, 0.25) is 0 Å². The number of nitrogens with zero attached hydrogens (tertiary/aromatic N) is 2. The van der Waals surface area contributed by atoms with E-state index in [0.29, 0.717) is 6.04 Å². The molecule has 0 unspecified atom stereocenters. The molecule has 1 N–H and O–H groups in total. The van der Waals surface area contributed by atoms with Crippen molar-refractivity contribution in [1.82, 2.24) is 15.1 Å². The summed E-state index contributed by atoms with van der Waals surface area (Å²) in [5.74, 6) is 0. The summed E-state index contributed by atoms with van der Waals surface area (Å²) in [7, 11) is 0. The van der Waals surface area contributed by atoms with Gasteiger partial charge in [0.1, 0.15) is 0 Å². The molecule has 2 rings (SSSR count). The molecule has 0 spiro atoms. The van der Waals surface area contributed by atoms with Crippen molar-refractivity contribution < 1.29 is 0 Å². The van der Waals surface area contributed by atoms with Crippen LogP contribution in [-0.4, -0.2) is 15.8 Å². The maximum Gasteiger partial charge on any atom is 0.0685 e. The summed E-state index contributed by atoms with van der Waals surface area (Å²) in [6.45, 7) is 8.19. The Labute approximate surface area is 126 Å². The van der Waals surface area contributed by atoms with Gasteiger partial charge in [-0.2, -0.15) is 5.10 Å². The summed E-state index contributed by atoms with van der Waals surface area (Å²) in [6.07, 6.45) is 2.93. The van der Waals surface area contributed by atoms with E-state index in [1.165, 1.54) is 11.1 Å². The third kappa shape index (κ3) is 3.62. The maximum absolute atomic E-state index is 6.14. The van der Waals surface area contributed by atoms with E-state index in [4.69, 9.17) is 11.6 Å². The maximum atomic E-state index is 6.14. The summed E-state index contributed by atoms with van der Waals surface area (Å²) in [5, 5.41) is 8.63. The lowest BCUT2D eigenvalue weighted by Gasteiger charge is -2.14. The minimum Gasteiger partial charge on any atom is -0.310 e. The summed E-state index contributed by atoms with van der Waals surface area (Å²) < 4.78 is 2.06. The van der Waals surface area contributed by atoms with E-state index < -0.39 is 0 Å². The van der Waals surface area contributed by atoms with Gasteiger partial charge in [-0.25, -0.2) is 0 Å². The van der Waals surface area contributed by atoms with Gasteiger partial charge in [0.15, 0.2) is 0 Å². The van der Waals surface area contributed by atoms with Crippen LogP contribution in [0.25, 0.3) is 11.3 Å². The first-order valence-corrected chi connectivity index (χ1v) is 7.53. The second-order valence-electron chi connectivity index (χ2n) is 5.28. The molecule has 0 atom stereocenters. The fourth-order valence-electron chi connectivity index (χ4n) is 2.22. The van der Waals surface area contributed by atoms with Crippen molar-refractivity contribution in [2.45, 2.75) is 46.3 Å². The number of benzene rings is 1. The highest BCUT2D eigenvalue weighted by molar-refractivity contribution is 6.30. The lowest BCUT2D eigenvalue weighted by atomic mass is 10.0. The van der Waals surface area contributed by atoms with Gasteiger partial charge in [0.05, 0.1) is 5.69 Å². The van der Waals surface area contributed by atoms with E-state index in [1.807, 2.05) is 18.3 Å². The van der Waals surface area contributed by atoms with Crippen LogP contribution in [0.2, 0.25) is 5.02 Å². The largest absolute Gasteiger partial charge is 0.310 e. The van der Waals surface area contributed by atoms with Gasteiger partial charge in [0, 0.05) is 35.9 Å². The van der Waals surface area contributed by atoms with Gasteiger partial charge in [-0.3, -0.25) is 4.68 Å². The van der Waals surface area contributed by atoms with Crippen LogP contribution < -0.4 is 5.32 Å². The lowest BCUT2D eigenvalue weighted by Crippen LogP contribution is -2.22. The molecule has 0 amide bonds. The molecular weight excluding hydrogens is 270 g/mol. The van der Waals surface area contributed by atoms with Gasteiger partial charge in [-0.05, 0) is 30.2 Å². The highest BCUT2D eigenvalue weighted by Crippen LogP contribution is 2.26. The summed E-state index contributed by atoms with van der Waals surface area (Å²) >= 11 is 6.14. The van der Waals surface area contributed by atoms with Gasteiger partial charge < -0.3 is 5.32 Å². The van der Waals surface area contributed by atoms with E-state index in [2.05, 4.69) is 48.0 Å². The molecule has 0 radical (unpaired) electrons. The normalized spacial score (nSPS) is 11.2. The van der Waals surface area contributed by atoms with E-state index in [-0.39, 0.29) is 0 Å². The zero-order valence-electron chi connectivity index (χ0n) is 12.4. The summed E-state index contributed by atoms with van der Waals surface area (Å²) in [5.41, 5.74) is 3.57. The first-order chi connectivity index (χ1) is 9.61. The van der Waals surface area contributed by atoms with E-state index in [9.17, 15) is 0 Å². The molecule has 0 aliphatic heterocycles. The first-order valence-electron chi connectivity index (χ1n) is 7.15. The number of halogens is 1. The zero-order chi connectivity index (χ0) is 14.5. The molecule has 0 aliphatic carbocycles. The second-order valence-corrected chi connectivity index (χ2v) is 5.71. The molecular formula is C16H22ClN3. The van der Waals surface area contributed by atoms with Crippen LogP contribution in [0.5, 0.6) is 0 Å². The Balaban J connectivity index is 2.36. The molecule has 3 nitrogen and oxygen atoms in total. The number of hydrogen-bond donors (Lipinski definition) is 1. The van der Waals surface area contributed by atoms with Crippen molar-refractivity contribution in [3.05, 3.63) is 41.0 Å². The monoisotopic (exact) mass is 291 g/mol. The van der Waals surface area contributed by atoms with Crippen LogP contribution in [-0.2, 0) is 13.1 Å². The van der Waals surface area contributed by atoms with Crippen molar-refractivity contribution in [3.8, 4) is 11.3 Å². The molecule has 4 heteroatoms. The molecule has 0 aliphatic rings. The predicted molar refractivity (Wildman–Crippen MR) is 84.9 cm³/mol. The standard InChI is InChI=1S/C16H22ClN3/c1-4-9-20-16(7-8-19-20)15-6-5-14(17)10-13(15)11-18-12(2)3/h5-8,10,12,18H,4,9,11H2,1-3H3. The fraction of sp³-hybridized carbons (Fsp3) is 0.438. The quantitative estimate of drug-likeness (QED) is 0.868. The highest BCUT2D eigenvalue weighted by atomic mass is 35.5. The Hall–Kier alpha value is -1.32. The molecule has 0 saturated heterocycles. The Morgan fingerprint density at radius 2 is 2.10 bits per heavy atom. The van der Waals surface area contributed by atoms with Crippen LogP contribution in [0.3, 0.4) is 0 Å². The number of aromatic nitrogens is 2. The molecule has 0 saturated carbocycles.